The third-order valence-electron chi connectivity index (χ3n) is 1.75. The molecule has 0 saturated heterocycles. The summed E-state index contributed by atoms with van der Waals surface area (Å²) in [5.41, 5.74) is 0.246. The van der Waals surface area contributed by atoms with E-state index in [-0.39, 0.29) is 17.1 Å². The van der Waals surface area contributed by atoms with Crippen molar-refractivity contribution in [2.75, 3.05) is 14.2 Å². The lowest BCUT2D eigenvalue weighted by molar-refractivity contribution is 0.108. The average Bonchev–Trinajstić information content (AvgIpc) is 2.29. The van der Waals surface area contributed by atoms with Crippen molar-refractivity contribution < 1.29 is 23.8 Å². The number of benzene rings is 1. The van der Waals surface area contributed by atoms with Gasteiger partial charge in [0.1, 0.15) is 0 Å². The zero-order chi connectivity index (χ0) is 12.1. The molecule has 0 radical (unpaired) electrons. The zero-order valence-corrected chi connectivity index (χ0v) is 9.41. The fourth-order valence-electron chi connectivity index (χ4n) is 1.01. The van der Waals surface area contributed by atoms with Gasteiger partial charge in [0.25, 0.3) is 5.24 Å². The van der Waals surface area contributed by atoms with Gasteiger partial charge in [-0.3, -0.25) is 4.79 Å². The maximum Gasteiger partial charge on any atom is 0.513 e. The number of halogens is 1. The van der Waals surface area contributed by atoms with Crippen molar-refractivity contribution in [2.24, 2.45) is 0 Å². The Kier molecular flexibility index (Phi) is 4.13. The fourth-order valence-corrected chi connectivity index (χ4v) is 1.12. The van der Waals surface area contributed by atoms with Crippen molar-refractivity contribution >= 4 is 23.0 Å². The van der Waals surface area contributed by atoms with E-state index in [4.69, 9.17) is 21.1 Å². The second kappa shape index (κ2) is 5.37. The van der Waals surface area contributed by atoms with E-state index in [1.807, 2.05) is 0 Å². The van der Waals surface area contributed by atoms with Crippen molar-refractivity contribution in [2.45, 2.75) is 0 Å². The number of ether oxygens (including phenoxy) is 3. The highest BCUT2D eigenvalue weighted by Gasteiger charge is 2.12. The van der Waals surface area contributed by atoms with Gasteiger partial charge in [-0.2, -0.15) is 0 Å². The monoisotopic (exact) mass is 244 g/mol. The molecule has 0 N–H and O–H groups in total. The molecule has 0 bridgehead atoms. The Morgan fingerprint density at radius 2 is 1.88 bits per heavy atom. The molecule has 0 heterocycles. The molecule has 0 aliphatic carbocycles. The second-order valence-corrected chi connectivity index (χ2v) is 3.04. The molecule has 5 nitrogen and oxygen atoms in total. The summed E-state index contributed by atoms with van der Waals surface area (Å²) in [5.74, 6) is 0.368. The third-order valence-corrected chi connectivity index (χ3v) is 1.97. The van der Waals surface area contributed by atoms with Crippen LogP contribution in [-0.2, 0) is 4.74 Å². The molecule has 86 valence electrons. The van der Waals surface area contributed by atoms with Gasteiger partial charge in [0.05, 0.1) is 14.2 Å². The predicted octanol–water partition coefficient (Wildman–Crippen LogP) is 2.22. The summed E-state index contributed by atoms with van der Waals surface area (Å²) >= 11 is 5.29. The number of carbonyl (C=O) groups is 2. The lowest BCUT2D eigenvalue weighted by Gasteiger charge is -2.08. The molecule has 0 spiro atoms. The number of carbonyl (C=O) groups excluding carboxylic acids is 2. The first kappa shape index (κ1) is 12.3. The Morgan fingerprint density at radius 3 is 2.38 bits per heavy atom. The number of rotatable bonds is 3. The van der Waals surface area contributed by atoms with Gasteiger partial charge in [-0.15, -0.1) is 0 Å². The molecule has 1 aromatic rings. The fraction of sp³-hybridized carbons (Fsp3) is 0.200. The molecule has 1 rings (SSSR count). The van der Waals surface area contributed by atoms with E-state index in [9.17, 15) is 9.59 Å². The molecule has 0 unspecified atom stereocenters. The molecule has 0 atom stereocenters. The highest BCUT2D eigenvalue weighted by Crippen LogP contribution is 2.28. The number of hydrogen-bond acceptors (Lipinski definition) is 5. The van der Waals surface area contributed by atoms with Crippen LogP contribution in [0.15, 0.2) is 18.2 Å². The Balaban J connectivity index is 3.02. The Labute approximate surface area is 96.9 Å². The molecular weight excluding hydrogens is 236 g/mol. The number of hydrogen-bond donors (Lipinski definition) is 0. The molecule has 1 aromatic carbocycles. The predicted molar refractivity (Wildman–Crippen MR) is 56.2 cm³/mol. The summed E-state index contributed by atoms with van der Waals surface area (Å²) in [6.45, 7) is 0. The normalized spacial score (nSPS) is 9.44. The van der Waals surface area contributed by atoms with E-state index in [1.165, 1.54) is 32.4 Å². The average molecular weight is 245 g/mol. The largest absolute Gasteiger partial charge is 0.513 e. The van der Waals surface area contributed by atoms with Gasteiger partial charge in [-0.05, 0) is 29.8 Å². The second-order valence-electron chi connectivity index (χ2n) is 2.70. The maximum atomic E-state index is 10.9. The molecule has 0 saturated carbocycles. The van der Waals surface area contributed by atoms with Gasteiger partial charge in [0.15, 0.2) is 11.5 Å². The SMILES string of the molecule is COC(=O)Oc1ccc(C(=O)Cl)cc1OC. The van der Waals surface area contributed by atoms with Crippen molar-refractivity contribution in [3.05, 3.63) is 23.8 Å². The van der Waals surface area contributed by atoms with Crippen molar-refractivity contribution in [3.8, 4) is 11.5 Å². The van der Waals surface area contributed by atoms with Gasteiger partial charge in [-0.25, -0.2) is 4.79 Å². The number of methoxy groups -OCH3 is 2. The third kappa shape index (κ3) is 2.87. The lowest BCUT2D eigenvalue weighted by Crippen LogP contribution is -2.08. The maximum absolute atomic E-state index is 10.9. The van der Waals surface area contributed by atoms with Crippen molar-refractivity contribution in [1.29, 1.82) is 0 Å². The van der Waals surface area contributed by atoms with E-state index in [0.29, 0.717) is 0 Å². The smallest absolute Gasteiger partial charge is 0.493 e. The molecule has 0 amide bonds. The van der Waals surface area contributed by atoms with E-state index in [1.54, 1.807) is 0 Å². The van der Waals surface area contributed by atoms with Crippen LogP contribution in [0.1, 0.15) is 10.4 Å². The van der Waals surface area contributed by atoms with E-state index < -0.39 is 11.4 Å². The Morgan fingerprint density at radius 1 is 1.19 bits per heavy atom. The minimum atomic E-state index is -0.872. The van der Waals surface area contributed by atoms with Crippen LogP contribution >= 0.6 is 11.6 Å². The summed E-state index contributed by atoms with van der Waals surface area (Å²) in [6, 6.07) is 4.18. The molecule has 16 heavy (non-hydrogen) atoms. The highest BCUT2D eigenvalue weighted by molar-refractivity contribution is 6.67. The first-order valence-electron chi connectivity index (χ1n) is 4.22. The summed E-state index contributed by atoms with van der Waals surface area (Å²) < 4.78 is 14.0. The standard InChI is InChI=1S/C10H9ClO5/c1-14-8-5-6(9(11)12)3-4-7(8)16-10(13)15-2/h3-5H,1-2H3. The molecule has 0 fully saturated rings. The summed E-state index contributed by atoms with van der Waals surface area (Å²) in [6.07, 6.45) is -0.872. The highest BCUT2D eigenvalue weighted by atomic mass is 35.5. The van der Waals surface area contributed by atoms with Gasteiger partial charge < -0.3 is 14.2 Å². The quantitative estimate of drug-likeness (QED) is 0.463. The minimum Gasteiger partial charge on any atom is -0.493 e. The van der Waals surface area contributed by atoms with E-state index >= 15 is 0 Å². The lowest BCUT2D eigenvalue weighted by atomic mass is 10.2. The van der Waals surface area contributed by atoms with Crippen LogP contribution < -0.4 is 9.47 Å². The van der Waals surface area contributed by atoms with Crippen molar-refractivity contribution in [3.63, 3.8) is 0 Å². The van der Waals surface area contributed by atoms with Gasteiger partial charge in [0.2, 0.25) is 0 Å². The molecule has 0 aromatic heterocycles. The zero-order valence-electron chi connectivity index (χ0n) is 8.65. The molecule has 0 aliphatic heterocycles. The Hall–Kier alpha value is -1.75. The first-order chi connectivity index (χ1) is 7.58. The van der Waals surface area contributed by atoms with Crippen molar-refractivity contribution in [1.82, 2.24) is 0 Å². The molecule has 0 aliphatic rings. The van der Waals surface area contributed by atoms with E-state index in [2.05, 4.69) is 4.74 Å². The van der Waals surface area contributed by atoms with Crippen LogP contribution in [0.3, 0.4) is 0 Å². The summed E-state index contributed by atoms with van der Waals surface area (Å²) in [5, 5.41) is -0.622. The molecular formula is C10H9ClO5. The van der Waals surface area contributed by atoms with Crippen LogP contribution in [0.5, 0.6) is 11.5 Å². The van der Waals surface area contributed by atoms with Crippen LogP contribution in [-0.4, -0.2) is 25.6 Å². The summed E-state index contributed by atoms with van der Waals surface area (Å²) in [4.78, 5) is 21.8. The summed E-state index contributed by atoms with van der Waals surface area (Å²) in [7, 11) is 2.56. The first-order valence-corrected chi connectivity index (χ1v) is 4.60. The van der Waals surface area contributed by atoms with Crippen LogP contribution in [0.2, 0.25) is 0 Å². The van der Waals surface area contributed by atoms with Gasteiger partial charge in [-0.1, -0.05) is 0 Å². The Bertz CT molecular complexity index is 416. The van der Waals surface area contributed by atoms with E-state index in [0.717, 1.165) is 0 Å². The van der Waals surface area contributed by atoms with Crippen LogP contribution in [0.25, 0.3) is 0 Å². The van der Waals surface area contributed by atoms with Gasteiger partial charge in [0, 0.05) is 5.56 Å². The van der Waals surface area contributed by atoms with Crippen LogP contribution in [0, 0.1) is 0 Å². The van der Waals surface area contributed by atoms with Crippen LogP contribution in [0.4, 0.5) is 4.79 Å². The molecule has 6 heteroatoms. The topological polar surface area (TPSA) is 61.8 Å². The van der Waals surface area contributed by atoms with Gasteiger partial charge >= 0.3 is 6.16 Å². The minimum absolute atomic E-state index is 0.149.